The van der Waals surface area contributed by atoms with Crippen molar-refractivity contribution < 1.29 is 18.5 Å². The maximum Gasteiger partial charge on any atom is 0.277 e. The molecule has 0 aromatic heterocycles. The van der Waals surface area contributed by atoms with Gasteiger partial charge in [-0.3, -0.25) is 14.9 Å². The second-order valence-corrected chi connectivity index (χ2v) is 3.95. The summed E-state index contributed by atoms with van der Waals surface area (Å²) < 4.78 is 25.8. The Morgan fingerprint density at radius 2 is 2.10 bits per heavy atom. The average Bonchev–Trinajstić information content (AvgIpc) is 2.36. The average molecular weight is 310 g/mol. The van der Waals surface area contributed by atoms with E-state index in [2.05, 4.69) is 0 Å². The Morgan fingerprint density at radius 1 is 1.50 bits per heavy atom. The molecule has 0 aliphatic heterocycles. The van der Waals surface area contributed by atoms with Crippen LogP contribution in [0.25, 0.3) is 0 Å². The third-order valence-corrected chi connectivity index (χ3v) is 2.55. The Hall–Kier alpha value is -1.80. The summed E-state index contributed by atoms with van der Waals surface area (Å²) in [6, 6.07) is 3.89. The number of carbonyl (C=O) groups is 1. The van der Waals surface area contributed by atoms with Gasteiger partial charge < -0.3 is 11.1 Å². The fourth-order valence-corrected chi connectivity index (χ4v) is 1.44. The number of alkyl halides is 2. The number of nitrogens with zero attached hydrogens (tertiary/aromatic N) is 1. The predicted octanol–water partition coefficient (Wildman–Crippen LogP) is 1.65. The molecule has 1 aromatic carbocycles. The third kappa shape index (κ3) is 4.39. The molecule has 0 fully saturated rings. The van der Waals surface area contributed by atoms with E-state index in [4.69, 9.17) is 5.73 Å². The topological polar surface area (TPSA) is 98.3 Å². The first-order valence-electron chi connectivity index (χ1n) is 5.38. The van der Waals surface area contributed by atoms with Crippen molar-refractivity contribution in [3.05, 3.63) is 39.4 Å². The Kier molecular flexibility index (Phi) is 6.47. The van der Waals surface area contributed by atoms with Gasteiger partial charge in [0.15, 0.2) is 0 Å². The lowest BCUT2D eigenvalue weighted by atomic mass is 10.1. The Labute approximate surface area is 119 Å². The lowest BCUT2D eigenvalue weighted by Gasteiger charge is -2.15. The van der Waals surface area contributed by atoms with Crippen molar-refractivity contribution in [2.75, 3.05) is 13.1 Å². The van der Waals surface area contributed by atoms with E-state index in [0.29, 0.717) is 0 Å². The van der Waals surface area contributed by atoms with Crippen LogP contribution in [0.3, 0.4) is 0 Å². The van der Waals surface area contributed by atoms with Crippen molar-refractivity contribution in [3.63, 3.8) is 0 Å². The van der Waals surface area contributed by atoms with Crippen LogP contribution in [0.4, 0.5) is 14.5 Å². The van der Waals surface area contributed by atoms with Gasteiger partial charge in [-0.1, -0.05) is 6.07 Å². The minimum absolute atomic E-state index is 0. The standard InChI is InChI=1S/C11H13F2N3O3.ClH/c1-7-8(3-2-4-9(7)16(18)19)10(17)15-6-11(12,13)5-14;/h2-4H,5-6,14H2,1H3,(H,15,17);1H. The molecule has 1 rings (SSSR count). The summed E-state index contributed by atoms with van der Waals surface area (Å²) in [5, 5.41) is 12.7. The van der Waals surface area contributed by atoms with Gasteiger partial charge >= 0.3 is 0 Å². The van der Waals surface area contributed by atoms with Crippen LogP contribution in [-0.2, 0) is 0 Å². The highest BCUT2D eigenvalue weighted by Crippen LogP contribution is 2.21. The van der Waals surface area contributed by atoms with Gasteiger partial charge in [0, 0.05) is 17.2 Å². The lowest BCUT2D eigenvalue weighted by molar-refractivity contribution is -0.385. The third-order valence-electron chi connectivity index (χ3n) is 2.55. The zero-order chi connectivity index (χ0) is 14.6. The molecule has 0 radical (unpaired) electrons. The first kappa shape index (κ1) is 18.2. The maximum absolute atomic E-state index is 12.9. The Morgan fingerprint density at radius 3 is 2.60 bits per heavy atom. The Balaban J connectivity index is 0.00000361. The van der Waals surface area contributed by atoms with Crippen LogP contribution in [0.1, 0.15) is 15.9 Å². The van der Waals surface area contributed by atoms with Crippen molar-refractivity contribution in [3.8, 4) is 0 Å². The van der Waals surface area contributed by atoms with Crippen LogP contribution in [0, 0.1) is 17.0 Å². The first-order valence-corrected chi connectivity index (χ1v) is 5.38. The molecule has 112 valence electrons. The zero-order valence-electron chi connectivity index (χ0n) is 10.6. The molecular formula is C11H14ClF2N3O3. The number of carbonyl (C=O) groups excluding carboxylic acids is 1. The SMILES string of the molecule is Cc1c(C(=O)NCC(F)(F)CN)cccc1[N+](=O)[O-].Cl. The predicted molar refractivity (Wildman–Crippen MR) is 71.4 cm³/mol. The van der Waals surface area contributed by atoms with Crippen LogP contribution in [0.5, 0.6) is 0 Å². The number of nitrogens with one attached hydrogen (secondary N) is 1. The van der Waals surface area contributed by atoms with Gasteiger partial charge in [0.1, 0.15) is 0 Å². The van der Waals surface area contributed by atoms with E-state index >= 15 is 0 Å². The second kappa shape index (κ2) is 7.11. The lowest BCUT2D eigenvalue weighted by Crippen LogP contribution is -2.41. The molecule has 0 unspecified atom stereocenters. The molecule has 0 aliphatic carbocycles. The summed E-state index contributed by atoms with van der Waals surface area (Å²) in [7, 11) is 0. The minimum Gasteiger partial charge on any atom is -0.346 e. The molecule has 1 amide bonds. The number of amides is 1. The second-order valence-electron chi connectivity index (χ2n) is 3.95. The molecule has 0 aliphatic rings. The van der Waals surface area contributed by atoms with Crippen LogP contribution >= 0.6 is 12.4 Å². The number of hydrogen-bond donors (Lipinski definition) is 2. The number of benzene rings is 1. The van der Waals surface area contributed by atoms with Crippen LogP contribution in [0.15, 0.2) is 18.2 Å². The smallest absolute Gasteiger partial charge is 0.277 e. The van der Waals surface area contributed by atoms with Gasteiger partial charge in [0.25, 0.3) is 17.5 Å². The fraction of sp³-hybridized carbons (Fsp3) is 0.364. The quantitative estimate of drug-likeness (QED) is 0.638. The monoisotopic (exact) mass is 309 g/mol. The van der Waals surface area contributed by atoms with E-state index in [9.17, 15) is 23.7 Å². The van der Waals surface area contributed by atoms with Gasteiger partial charge in [-0.05, 0) is 13.0 Å². The summed E-state index contributed by atoms with van der Waals surface area (Å²) in [6.45, 7) is -0.417. The number of nitrogens with two attached hydrogens (primary N) is 1. The summed E-state index contributed by atoms with van der Waals surface area (Å²) in [5.74, 6) is -4.00. The highest BCUT2D eigenvalue weighted by molar-refractivity contribution is 5.96. The van der Waals surface area contributed by atoms with Gasteiger partial charge in [-0.25, -0.2) is 8.78 Å². The molecule has 0 atom stereocenters. The van der Waals surface area contributed by atoms with Crippen LogP contribution < -0.4 is 11.1 Å². The fourth-order valence-electron chi connectivity index (χ4n) is 1.44. The van der Waals surface area contributed by atoms with Crippen LogP contribution in [-0.4, -0.2) is 29.8 Å². The van der Waals surface area contributed by atoms with Crippen molar-refractivity contribution in [1.29, 1.82) is 0 Å². The molecule has 0 spiro atoms. The van der Waals surface area contributed by atoms with E-state index in [-0.39, 0.29) is 29.2 Å². The molecule has 3 N–H and O–H groups in total. The number of hydrogen-bond acceptors (Lipinski definition) is 4. The molecule has 6 nitrogen and oxygen atoms in total. The molecule has 0 saturated heterocycles. The van der Waals surface area contributed by atoms with E-state index in [1.54, 1.807) is 0 Å². The van der Waals surface area contributed by atoms with E-state index in [1.807, 2.05) is 5.32 Å². The molecule has 0 heterocycles. The molecular weight excluding hydrogens is 296 g/mol. The van der Waals surface area contributed by atoms with Gasteiger partial charge in [0.05, 0.1) is 18.0 Å². The highest BCUT2D eigenvalue weighted by Gasteiger charge is 2.28. The van der Waals surface area contributed by atoms with Crippen molar-refractivity contribution in [2.24, 2.45) is 5.73 Å². The molecule has 0 bridgehead atoms. The van der Waals surface area contributed by atoms with Crippen LogP contribution in [0.2, 0.25) is 0 Å². The summed E-state index contributed by atoms with van der Waals surface area (Å²) in [6.07, 6.45) is 0. The molecule has 20 heavy (non-hydrogen) atoms. The summed E-state index contributed by atoms with van der Waals surface area (Å²) in [5.41, 5.74) is 4.71. The minimum atomic E-state index is -3.20. The number of rotatable bonds is 5. The number of nitro groups is 1. The first-order chi connectivity index (χ1) is 8.78. The zero-order valence-corrected chi connectivity index (χ0v) is 11.4. The summed E-state index contributed by atoms with van der Waals surface area (Å²) >= 11 is 0. The highest BCUT2D eigenvalue weighted by atomic mass is 35.5. The van der Waals surface area contributed by atoms with Crippen molar-refractivity contribution in [2.45, 2.75) is 12.8 Å². The normalized spacial score (nSPS) is 10.6. The van der Waals surface area contributed by atoms with E-state index in [1.165, 1.54) is 25.1 Å². The number of halogens is 3. The van der Waals surface area contributed by atoms with Crippen molar-refractivity contribution >= 4 is 24.0 Å². The van der Waals surface area contributed by atoms with E-state index < -0.39 is 29.8 Å². The van der Waals surface area contributed by atoms with Gasteiger partial charge in [-0.2, -0.15) is 0 Å². The maximum atomic E-state index is 12.9. The largest absolute Gasteiger partial charge is 0.346 e. The summed E-state index contributed by atoms with van der Waals surface area (Å²) in [4.78, 5) is 21.8. The van der Waals surface area contributed by atoms with Crippen molar-refractivity contribution in [1.82, 2.24) is 5.32 Å². The molecule has 9 heteroatoms. The Bertz CT molecular complexity index is 512. The van der Waals surface area contributed by atoms with Gasteiger partial charge in [-0.15, -0.1) is 12.4 Å². The molecule has 0 saturated carbocycles. The van der Waals surface area contributed by atoms with Gasteiger partial charge in [0.2, 0.25) is 0 Å². The number of nitro benzene ring substituents is 1. The molecule has 1 aromatic rings. The van der Waals surface area contributed by atoms with E-state index in [0.717, 1.165) is 0 Å².